The van der Waals surface area contributed by atoms with Gasteiger partial charge in [0.05, 0.1) is 0 Å². The first kappa shape index (κ1) is 14.3. The van der Waals surface area contributed by atoms with Crippen LogP contribution in [0.5, 0.6) is 0 Å². The minimum atomic E-state index is 0.120. The van der Waals surface area contributed by atoms with Gasteiger partial charge in [-0.2, -0.15) is 4.57 Å². The molecule has 0 aliphatic carbocycles. The summed E-state index contributed by atoms with van der Waals surface area (Å²) in [5, 5.41) is 2.24. The summed E-state index contributed by atoms with van der Waals surface area (Å²) in [6.07, 6.45) is 3.81. The quantitative estimate of drug-likeness (QED) is 0.545. The minimum Gasteiger partial charge on any atom is -0.378 e. The number of carbonyl (C=O) groups is 1. The molecular weight excluding hydrogens is 272 g/mol. The maximum Gasteiger partial charge on any atom is 0.227 e. The van der Waals surface area contributed by atoms with E-state index >= 15 is 0 Å². The molecule has 3 heteroatoms. The molecule has 0 unspecified atom stereocenters. The minimum absolute atomic E-state index is 0.120. The maximum atomic E-state index is 12.4. The van der Waals surface area contributed by atoms with Crippen LogP contribution in [0.2, 0.25) is 0 Å². The summed E-state index contributed by atoms with van der Waals surface area (Å²) in [7, 11) is 4.05. The highest BCUT2D eigenvalue weighted by Gasteiger charge is 2.12. The number of ketones is 1. The van der Waals surface area contributed by atoms with Crippen molar-refractivity contribution in [2.45, 2.75) is 6.54 Å². The molecule has 22 heavy (non-hydrogen) atoms. The van der Waals surface area contributed by atoms with Crippen LogP contribution in [0, 0.1) is 0 Å². The van der Waals surface area contributed by atoms with Crippen LogP contribution in [-0.2, 0) is 6.54 Å². The van der Waals surface area contributed by atoms with E-state index in [4.69, 9.17) is 0 Å². The largest absolute Gasteiger partial charge is 0.378 e. The topological polar surface area (TPSA) is 24.2 Å². The molecule has 0 fully saturated rings. The first-order chi connectivity index (χ1) is 10.6. The molecular formula is C19H19N2O+. The van der Waals surface area contributed by atoms with Crippen LogP contribution in [0.25, 0.3) is 10.8 Å². The summed E-state index contributed by atoms with van der Waals surface area (Å²) in [6.45, 7) is 0.363. The molecule has 0 radical (unpaired) electrons. The van der Waals surface area contributed by atoms with Gasteiger partial charge < -0.3 is 4.90 Å². The van der Waals surface area contributed by atoms with Crippen molar-refractivity contribution >= 4 is 22.2 Å². The predicted molar refractivity (Wildman–Crippen MR) is 89.2 cm³/mol. The van der Waals surface area contributed by atoms with Crippen LogP contribution in [0.4, 0.5) is 5.69 Å². The highest BCUT2D eigenvalue weighted by atomic mass is 16.1. The van der Waals surface area contributed by atoms with Gasteiger partial charge in [-0.15, -0.1) is 0 Å². The SMILES string of the molecule is CN(C)c1ccc2cc(C(=O)C[n+]3ccccc3)ccc2c1. The van der Waals surface area contributed by atoms with Crippen molar-refractivity contribution < 1.29 is 9.36 Å². The Bertz CT molecular complexity index is 810. The summed E-state index contributed by atoms with van der Waals surface area (Å²) < 4.78 is 1.89. The smallest absolute Gasteiger partial charge is 0.227 e. The molecule has 0 bridgehead atoms. The number of hydrogen-bond acceptors (Lipinski definition) is 2. The van der Waals surface area contributed by atoms with Crippen LogP contribution in [0.15, 0.2) is 67.0 Å². The standard InChI is InChI=1S/C19H19N2O/c1-20(2)18-9-8-15-12-17(7-6-16(15)13-18)19(22)14-21-10-4-3-5-11-21/h3-13H,14H2,1-2H3/q+1. The number of pyridine rings is 1. The lowest BCUT2D eigenvalue weighted by atomic mass is 10.0. The van der Waals surface area contributed by atoms with Crippen LogP contribution in [-0.4, -0.2) is 19.9 Å². The zero-order valence-electron chi connectivity index (χ0n) is 12.9. The number of anilines is 1. The van der Waals surface area contributed by atoms with Gasteiger partial charge in [-0.05, 0) is 29.0 Å². The third-order valence-corrected chi connectivity index (χ3v) is 3.77. The normalized spacial score (nSPS) is 10.6. The number of fused-ring (bicyclic) bond motifs is 1. The van der Waals surface area contributed by atoms with Gasteiger partial charge in [-0.25, -0.2) is 0 Å². The monoisotopic (exact) mass is 291 g/mol. The number of rotatable bonds is 4. The van der Waals surface area contributed by atoms with E-state index < -0.39 is 0 Å². The molecule has 0 spiro atoms. The molecule has 0 aliphatic heterocycles. The molecule has 0 atom stereocenters. The molecule has 3 rings (SSSR count). The molecule has 0 N–H and O–H groups in total. The third kappa shape index (κ3) is 2.98. The first-order valence-electron chi connectivity index (χ1n) is 7.32. The van der Waals surface area contributed by atoms with Gasteiger partial charge in [0, 0.05) is 37.5 Å². The van der Waals surface area contributed by atoms with E-state index in [9.17, 15) is 4.79 Å². The number of Topliss-reactive ketones (excluding diaryl/α,β-unsaturated/α-hetero) is 1. The van der Waals surface area contributed by atoms with E-state index in [1.54, 1.807) is 0 Å². The molecule has 3 aromatic rings. The Labute approximate surface area is 130 Å². The Balaban J connectivity index is 1.88. The fraction of sp³-hybridized carbons (Fsp3) is 0.158. The molecule has 0 saturated carbocycles. The van der Waals surface area contributed by atoms with Crippen LogP contribution >= 0.6 is 0 Å². The fourth-order valence-electron chi connectivity index (χ4n) is 2.48. The van der Waals surface area contributed by atoms with E-state index in [1.165, 1.54) is 0 Å². The second-order valence-corrected chi connectivity index (χ2v) is 5.61. The number of nitrogens with zero attached hydrogens (tertiary/aromatic N) is 2. The van der Waals surface area contributed by atoms with Crippen molar-refractivity contribution in [3.05, 3.63) is 72.6 Å². The number of benzene rings is 2. The fourth-order valence-corrected chi connectivity index (χ4v) is 2.48. The zero-order valence-corrected chi connectivity index (χ0v) is 12.9. The third-order valence-electron chi connectivity index (χ3n) is 3.77. The van der Waals surface area contributed by atoms with Crippen molar-refractivity contribution in [2.75, 3.05) is 19.0 Å². The van der Waals surface area contributed by atoms with E-state index in [0.717, 1.165) is 22.0 Å². The summed E-state index contributed by atoms with van der Waals surface area (Å²) in [5.74, 6) is 0.120. The lowest BCUT2D eigenvalue weighted by Gasteiger charge is -2.13. The highest BCUT2D eigenvalue weighted by Crippen LogP contribution is 2.22. The highest BCUT2D eigenvalue weighted by molar-refractivity contribution is 5.99. The molecule has 0 amide bonds. The Morgan fingerprint density at radius 2 is 1.64 bits per heavy atom. The lowest BCUT2D eigenvalue weighted by molar-refractivity contribution is -0.683. The molecule has 0 saturated heterocycles. The van der Waals surface area contributed by atoms with Crippen LogP contribution < -0.4 is 9.47 Å². The van der Waals surface area contributed by atoms with E-state index in [2.05, 4.69) is 23.1 Å². The van der Waals surface area contributed by atoms with Crippen molar-refractivity contribution in [1.29, 1.82) is 0 Å². The molecule has 3 nitrogen and oxygen atoms in total. The molecule has 1 aromatic heterocycles. The van der Waals surface area contributed by atoms with Crippen molar-refractivity contribution in [3.8, 4) is 0 Å². The zero-order chi connectivity index (χ0) is 15.5. The number of aromatic nitrogens is 1. The first-order valence-corrected chi connectivity index (χ1v) is 7.32. The Hall–Kier alpha value is -2.68. The average Bonchev–Trinajstić information content (AvgIpc) is 2.54. The van der Waals surface area contributed by atoms with Crippen LogP contribution in [0.3, 0.4) is 0 Å². The van der Waals surface area contributed by atoms with Gasteiger partial charge in [0.1, 0.15) is 0 Å². The van der Waals surface area contributed by atoms with Gasteiger partial charge in [0.15, 0.2) is 12.4 Å². The number of carbonyl (C=O) groups excluding carboxylic acids is 1. The van der Waals surface area contributed by atoms with Gasteiger partial charge >= 0.3 is 0 Å². The molecule has 110 valence electrons. The molecule has 1 heterocycles. The summed E-state index contributed by atoms with van der Waals surface area (Å²) in [6, 6.07) is 18.0. The van der Waals surface area contributed by atoms with E-state index in [0.29, 0.717) is 6.54 Å². The van der Waals surface area contributed by atoms with E-state index in [1.807, 2.05) is 67.5 Å². The predicted octanol–water partition coefficient (Wildman–Crippen LogP) is 3.08. The Morgan fingerprint density at radius 1 is 0.955 bits per heavy atom. The van der Waals surface area contributed by atoms with Crippen molar-refractivity contribution in [2.24, 2.45) is 0 Å². The van der Waals surface area contributed by atoms with E-state index in [-0.39, 0.29) is 5.78 Å². The van der Waals surface area contributed by atoms with Gasteiger partial charge in [0.25, 0.3) is 0 Å². The Morgan fingerprint density at radius 3 is 2.36 bits per heavy atom. The maximum absolute atomic E-state index is 12.4. The number of hydrogen-bond donors (Lipinski definition) is 0. The van der Waals surface area contributed by atoms with Gasteiger partial charge in [-0.3, -0.25) is 4.79 Å². The molecule has 0 aliphatic rings. The van der Waals surface area contributed by atoms with Gasteiger partial charge in [0.2, 0.25) is 12.3 Å². The second-order valence-electron chi connectivity index (χ2n) is 5.61. The second kappa shape index (κ2) is 5.98. The average molecular weight is 291 g/mol. The molecule has 2 aromatic carbocycles. The summed E-state index contributed by atoms with van der Waals surface area (Å²) >= 11 is 0. The van der Waals surface area contributed by atoms with Crippen molar-refractivity contribution in [3.63, 3.8) is 0 Å². The summed E-state index contributed by atoms with van der Waals surface area (Å²) in [5.41, 5.74) is 1.91. The summed E-state index contributed by atoms with van der Waals surface area (Å²) in [4.78, 5) is 14.5. The van der Waals surface area contributed by atoms with Crippen LogP contribution in [0.1, 0.15) is 10.4 Å². The van der Waals surface area contributed by atoms with Crippen molar-refractivity contribution in [1.82, 2.24) is 0 Å². The van der Waals surface area contributed by atoms with Gasteiger partial charge in [-0.1, -0.05) is 24.3 Å². The lowest BCUT2D eigenvalue weighted by Crippen LogP contribution is -2.36. The Kier molecular flexibility index (Phi) is 3.88.